The second kappa shape index (κ2) is 43.2. The number of carbonyl (C=O) groups excluding carboxylic acids is 3. The fraction of sp³-hybridized carbons (Fsp3) is 0.875. The molecule has 2 amide bonds. The molecule has 2 atom stereocenters. The number of carboxylic acids is 1. The summed E-state index contributed by atoms with van der Waals surface area (Å²) in [6.07, 6.45) is 46.8. The Morgan fingerprint density at radius 3 is 1.32 bits per heavy atom. The average molecular weight is 807 g/mol. The zero-order chi connectivity index (χ0) is 41.9. The van der Waals surface area contributed by atoms with Gasteiger partial charge in [-0.15, -0.1) is 0 Å². The molecule has 57 heavy (non-hydrogen) atoms. The van der Waals surface area contributed by atoms with E-state index in [4.69, 9.17) is 14.9 Å². The maximum Gasteiger partial charge on any atom is 0.328 e. The molecule has 0 aliphatic rings. The quantitative estimate of drug-likeness (QED) is 0.0273. The first-order valence-corrected chi connectivity index (χ1v) is 24.1. The molecule has 9 nitrogen and oxygen atoms in total. The van der Waals surface area contributed by atoms with E-state index in [0.717, 1.165) is 57.8 Å². The molecule has 0 aliphatic heterocycles. The summed E-state index contributed by atoms with van der Waals surface area (Å²) in [5.41, 5.74) is 0. The Labute approximate surface area is 350 Å². The number of carbonyl (C=O) groups is 4. The first-order chi connectivity index (χ1) is 27.8. The molecule has 0 bridgehead atoms. The number of rotatable bonds is 44. The van der Waals surface area contributed by atoms with Crippen molar-refractivity contribution in [2.45, 2.75) is 257 Å². The van der Waals surface area contributed by atoms with Crippen molar-refractivity contribution >= 4 is 23.8 Å². The van der Waals surface area contributed by atoms with E-state index in [0.29, 0.717) is 19.3 Å². The third-order valence-corrected chi connectivity index (χ3v) is 11.0. The highest BCUT2D eigenvalue weighted by Gasteiger charge is 2.19. The summed E-state index contributed by atoms with van der Waals surface area (Å²) >= 11 is 0. The summed E-state index contributed by atoms with van der Waals surface area (Å²) in [6.45, 7) is 3.49. The van der Waals surface area contributed by atoms with Gasteiger partial charge in [0.15, 0.2) is 0 Å². The van der Waals surface area contributed by atoms with E-state index in [1.807, 2.05) is 0 Å². The molecular formula is C48H90N2O7. The number of esters is 1. The van der Waals surface area contributed by atoms with Crippen LogP contribution in [0.1, 0.15) is 245 Å². The van der Waals surface area contributed by atoms with Crippen LogP contribution in [-0.2, 0) is 23.9 Å². The first-order valence-electron chi connectivity index (χ1n) is 24.1. The second-order valence-electron chi connectivity index (χ2n) is 16.6. The highest BCUT2D eigenvalue weighted by molar-refractivity contribution is 5.87. The minimum atomic E-state index is -1.38. The monoisotopic (exact) mass is 807 g/mol. The third kappa shape index (κ3) is 40.2. The lowest BCUT2D eigenvalue weighted by Crippen LogP contribution is -2.47. The SMILES string of the molecule is CCCCCCCCCC/C=C\CCCCCCCCCCCC(=O)OC(CCCCCCCCCC)CCCCCCCC(=O)NCC(=O)NC(CO)C(=O)O. The minimum Gasteiger partial charge on any atom is -0.480 e. The number of amides is 2. The van der Waals surface area contributed by atoms with Gasteiger partial charge in [0.25, 0.3) is 0 Å². The molecule has 2 unspecified atom stereocenters. The van der Waals surface area contributed by atoms with Crippen LogP contribution >= 0.6 is 0 Å². The Hall–Kier alpha value is -2.42. The molecule has 9 heteroatoms. The number of unbranched alkanes of at least 4 members (excludes halogenated alkanes) is 28. The van der Waals surface area contributed by atoms with Crippen molar-refractivity contribution in [3.8, 4) is 0 Å². The van der Waals surface area contributed by atoms with Gasteiger partial charge in [-0.25, -0.2) is 4.79 Å². The number of ether oxygens (including phenoxy) is 1. The van der Waals surface area contributed by atoms with E-state index in [9.17, 15) is 19.2 Å². The standard InChI is InChI=1S/C48H90N2O7/c1-3-5-7-9-11-13-14-15-16-17-18-19-20-21-22-23-24-25-27-32-36-40-47(54)57-43(37-33-29-26-12-10-8-6-4-2)38-34-30-28-31-35-39-45(52)49-41-46(53)50-44(42-51)48(55)56/h17-18,43-44,51H,3-16,19-42H2,1-2H3,(H,49,52)(H,50,53)(H,55,56)/b18-17-. The van der Waals surface area contributed by atoms with E-state index in [1.165, 1.54) is 154 Å². The number of aliphatic hydroxyl groups excluding tert-OH is 1. The number of hydrogen-bond acceptors (Lipinski definition) is 6. The summed E-state index contributed by atoms with van der Waals surface area (Å²) in [6, 6.07) is -1.38. The topological polar surface area (TPSA) is 142 Å². The van der Waals surface area contributed by atoms with Crippen LogP contribution in [0.5, 0.6) is 0 Å². The van der Waals surface area contributed by atoms with Crippen molar-refractivity contribution in [1.82, 2.24) is 10.6 Å². The largest absolute Gasteiger partial charge is 0.480 e. The molecule has 0 aromatic heterocycles. The first kappa shape index (κ1) is 54.6. The van der Waals surface area contributed by atoms with Crippen LogP contribution in [0.15, 0.2) is 12.2 Å². The Balaban J connectivity index is 4.08. The summed E-state index contributed by atoms with van der Waals surface area (Å²) in [4.78, 5) is 47.6. The number of allylic oxidation sites excluding steroid dienone is 2. The van der Waals surface area contributed by atoms with Gasteiger partial charge in [-0.1, -0.05) is 180 Å². The zero-order valence-corrected chi connectivity index (χ0v) is 37.1. The number of aliphatic carboxylic acids is 1. The molecule has 0 saturated heterocycles. The average Bonchev–Trinajstić information content (AvgIpc) is 3.20. The lowest BCUT2D eigenvalue weighted by Gasteiger charge is -2.18. The molecule has 0 saturated carbocycles. The highest BCUT2D eigenvalue weighted by atomic mass is 16.5. The molecule has 0 radical (unpaired) electrons. The molecule has 0 rings (SSSR count). The molecule has 334 valence electrons. The fourth-order valence-corrected chi connectivity index (χ4v) is 7.30. The fourth-order valence-electron chi connectivity index (χ4n) is 7.30. The molecule has 0 aromatic carbocycles. The van der Waals surface area contributed by atoms with E-state index in [-0.39, 0.29) is 24.5 Å². The number of aliphatic hydroxyl groups is 1. The molecule has 4 N–H and O–H groups in total. The van der Waals surface area contributed by atoms with Crippen LogP contribution < -0.4 is 10.6 Å². The Bertz CT molecular complexity index is 972. The van der Waals surface area contributed by atoms with Crippen molar-refractivity contribution < 1.29 is 34.1 Å². The Morgan fingerprint density at radius 2 is 0.895 bits per heavy atom. The van der Waals surface area contributed by atoms with Crippen LogP contribution in [0.4, 0.5) is 0 Å². The highest BCUT2D eigenvalue weighted by Crippen LogP contribution is 2.19. The molecule has 0 aromatic rings. The summed E-state index contributed by atoms with van der Waals surface area (Å²) < 4.78 is 6.03. The van der Waals surface area contributed by atoms with Crippen LogP contribution in [0.2, 0.25) is 0 Å². The van der Waals surface area contributed by atoms with Gasteiger partial charge in [0, 0.05) is 12.8 Å². The van der Waals surface area contributed by atoms with Gasteiger partial charge in [0.1, 0.15) is 12.1 Å². The Kier molecular flexibility index (Phi) is 41.3. The molecule has 0 aliphatic carbocycles. The van der Waals surface area contributed by atoms with Crippen LogP contribution in [-0.4, -0.2) is 59.3 Å². The van der Waals surface area contributed by atoms with Gasteiger partial charge < -0.3 is 25.6 Å². The van der Waals surface area contributed by atoms with Gasteiger partial charge in [0.2, 0.25) is 11.8 Å². The van der Waals surface area contributed by atoms with Crippen LogP contribution in [0, 0.1) is 0 Å². The van der Waals surface area contributed by atoms with E-state index in [1.54, 1.807) is 0 Å². The second-order valence-corrected chi connectivity index (χ2v) is 16.6. The smallest absolute Gasteiger partial charge is 0.328 e. The van der Waals surface area contributed by atoms with Gasteiger partial charge >= 0.3 is 11.9 Å². The number of nitrogens with one attached hydrogen (secondary N) is 2. The number of hydrogen-bond donors (Lipinski definition) is 4. The third-order valence-electron chi connectivity index (χ3n) is 11.0. The predicted molar refractivity (Wildman–Crippen MR) is 236 cm³/mol. The summed E-state index contributed by atoms with van der Waals surface area (Å²) in [5, 5.41) is 22.6. The van der Waals surface area contributed by atoms with Crippen molar-refractivity contribution in [2.24, 2.45) is 0 Å². The lowest BCUT2D eigenvalue weighted by atomic mass is 10.0. The minimum absolute atomic E-state index is 0.00790. The zero-order valence-electron chi connectivity index (χ0n) is 37.1. The molecule has 0 heterocycles. The maximum absolute atomic E-state index is 12.8. The maximum atomic E-state index is 12.8. The van der Waals surface area contributed by atoms with Crippen molar-refractivity contribution in [1.29, 1.82) is 0 Å². The van der Waals surface area contributed by atoms with Crippen LogP contribution in [0.25, 0.3) is 0 Å². The number of carboxylic acid groups (broad SMARTS) is 1. The van der Waals surface area contributed by atoms with Gasteiger partial charge in [-0.2, -0.15) is 0 Å². The van der Waals surface area contributed by atoms with Crippen molar-refractivity contribution in [3.05, 3.63) is 12.2 Å². The van der Waals surface area contributed by atoms with Gasteiger partial charge in [0.05, 0.1) is 13.2 Å². The van der Waals surface area contributed by atoms with E-state index < -0.39 is 24.5 Å². The van der Waals surface area contributed by atoms with Gasteiger partial charge in [-0.3, -0.25) is 14.4 Å². The van der Waals surface area contributed by atoms with Crippen LogP contribution in [0.3, 0.4) is 0 Å². The lowest BCUT2D eigenvalue weighted by molar-refractivity contribution is -0.150. The summed E-state index contributed by atoms with van der Waals surface area (Å²) in [5.74, 6) is -2.28. The predicted octanol–water partition coefficient (Wildman–Crippen LogP) is 12.2. The van der Waals surface area contributed by atoms with Gasteiger partial charge in [-0.05, 0) is 64.2 Å². The van der Waals surface area contributed by atoms with Crippen molar-refractivity contribution in [2.75, 3.05) is 13.2 Å². The van der Waals surface area contributed by atoms with E-state index >= 15 is 0 Å². The molecule has 0 spiro atoms. The Morgan fingerprint density at radius 1 is 0.509 bits per heavy atom. The molecular weight excluding hydrogens is 717 g/mol. The van der Waals surface area contributed by atoms with Crippen molar-refractivity contribution in [3.63, 3.8) is 0 Å². The summed E-state index contributed by atoms with van der Waals surface area (Å²) in [7, 11) is 0. The molecule has 0 fully saturated rings. The van der Waals surface area contributed by atoms with E-state index in [2.05, 4.69) is 36.6 Å². The normalized spacial score (nSPS) is 12.5.